The van der Waals surface area contributed by atoms with E-state index < -0.39 is 102 Å². The topological polar surface area (TPSA) is 142 Å². The minimum atomic E-state index is -4.89. The van der Waals surface area contributed by atoms with Crippen LogP contribution >= 0.6 is 0 Å². The summed E-state index contributed by atoms with van der Waals surface area (Å²) in [4.78, 5) is 63.5. The third kappa shape index (κ3) is 6.22. The number of carboxylic acids is 1. The quantitative estimate of drug-likeness (QED) is 0.133. The molecule has 5 fully saturated rings. The standard InChI is InChI=1S/C33H44F4O10/c1-7-32(34,24-23(26(40)45-27(24)41)22-14(2)19-10-17(22)11-20(19)25(38)39)28(42)44-21-12-15-8-16(21)9-18(15)13-31(6,33(35,36)37)47-29(43)46-30(3,4)5/h14-24H,7-13H2,1-6H3,(H,38,39). The molecule has 47 heavy (non-hydrogen) atoms. The molecular formula is C33H44F4O10. The van der Waals surface area contributed by atoms with E-state index in [-0.39, 0.29) is 48.9 Å². The molecule has 1 heterocycles. The van der Waals surface area contributed by atoms with E-state index >= 15 is 4.39 Å². The number of alkyl halides is 4. The highest BCUT2D eigenvalue weighted by Gasteiger charge is 2.68. The van der Waals surface area contributed by atoms with Crippen LogP contribution in [0, 0.1) is 59.2 Å². The van der Waals surface area contributed by atoms with Crippen molar-refractivity contribution < 1.29 is 65.6 Å². The Morgan fingerprint density at radius 3 is 2.06 bits per heavy atom. The molecule has 0 radical (unpaired) electrons. The van der Waals surface area contributed by atoms with Crippen molar-refractivity contribution in [1.82, 2.24) is 0 Å². The van der Waals surface area contributed by atoms with Gasteiger partial charge in [0.15, 0.2) is 0 Å². The number of halogens is 4. The molecule has 0 amide bonds. The summed E-state index contributed by atoms with van der Waals surface area (Å²) in [5.74, 6) is -10.5. The lowest BCUT2D eigenvalue weighted by atomic mass is 9.64. The molecule has 14 heteroatoms. The van der Waals surface area contributed by atoms with Crippen LogP contribution in [0.15, 0.2) is 0 Å². The highest BCUT2D eigenvalue weighted by atomic mass is 19.4. The van der Waals surface area contributed by atoms with E-state index in [1.807, 2.05) is 0 Å². The maximum Gasteiger partial charge on any atom is 0.509 e. The van der Waals surface area contributed by atoms with Crippen LogP contribution in [-0.2, 0) is 38.1 Å². The predicted molar refractivity (Wildman–Crippen MR) is 153 cm³/mol. The second-order valence-electron chi connectivity index (χ2n) is 15.7. The minimum Gasteiger partial charge on any atom is -0.481 e. The Bertz CT molecular complexity index is 1310. The second kappa shape index (κ2) is 11.9. The summed E-state index contributed by atoms with van der Waals surface area (Å²) in [7, 11) is 0. The van der Waals surface area contributed by atoms with Crippen LogP contribution < -0.4 is 0 Å². The first kappa shape index (κ1) is 35.4. The first-order valence-corrected chi connectivity index (χ1v) is 16.5. The molecular weight excluding hydrogens is 632 g/mol. The van der Waals surface area contributed by atoms with Crippen LogP contribution in [0.4, 0.5) is 22.4 Å². The number of fused-ring (bicyclic) bond motifs is 4. The van der Waals surface area contributed by atoms with Gasteiger partial charge in [0.1, 0.15) is 17.6 Å². The third-order valence-electron chi connectivity index (χ3n) is 11.8. The van der Waals surface area contributed by atoms with Gasteiger partial charge in [-0.05, 0) is 114 Å². The number of cyclic esters (lactones) is 2. The third-order valence-corrected chi connectivity index (χ3v) is 11.8. The highest BCUT2D eigenvalue weighted by Crippen LogP contribution is 2.61. The molecule has 264 valence electrons. The maximum absolute atomic E-state index is 16.9. The Morgan fingerprint density at radius 2 is 1.55 bits per heavy atom. The molecule has 0 aromatic carbocycles. The van der Waals surface area contributed by atoms with Crippen molar-refractivity contribution in [3.63, 3.8) is 0 Å². The van der Waals surface area contributed by atoms with Crippen LogP contribution in [0.3, 0.4) is 0 Å². The molecule has 0 aromatic rings. The molecule has 13 unspecified atom stereocenters. The molecule has 4 saturated carbocycles. The van der Waals surface area contributed by atoms with E-state index in [0.717, 1.165) is 6.92 Å². The molecule has 1 aliphatic heterocycles. The number of carbonyl (C=O) groups is 5. The molecule has 0 aromatic heterocycles. The first-order chi connectivity index (χ1) is 21.6. The van der Waals surface area contributed by atoms with Gasteiger partial charge in [0, 0.05) is 0 Å². The number of hydrogen-bond donors (Lipinski definition) is 1. The molecule has 5 aliphatic rings. The zero-order valence-corrected chi connectivity index (χ0v) is 27.4. The van der Waals surface area contributed by atoms with E-state index in [9.17, 15) is 42.3 Å². The van der Waals surface area contributed by atoms with Crippen molar-refractivity contribution in [3.05, 3.63) is 0 Å². The maximum atomic E-state index is 16.9. The van der Waals surface area contributed by atoms with Crippen LogP contribution in [0.25, 0.3) is 0 Å². The second-order valence-corrected chi connectivity index (χ2v) is 15.7. The first-order valence-electron chi connectivity index (χ1n) is 16.5. The van der Waals surface area contributed by atoms with Crippen molar-refractivity contribution >= 4 is 30.0 Å². The number of carbonyl (C=O) groups excluding carboxylic acids is 4. The van der Waals surface area contributed by atoms with E-state index in [0.29, 0.717) is 12.8 Å². The average Bonchev–Trinajstić information content (AvgIpc) is 3.73. The highest BCUT2D eigenvalue weighted by molar-refractivity contribution is 6.01. The fourth-order valence-electron chi connectivity index (χ4n) is 9.62. The summed E-state index contributed by atoms with van der Waals surface area (Å²) in [5.41, 5.74) is -6.78. The molecule has 4 bridgehead atoms. The zero-order chi connectivity index (χ0) is 35.0. The van der Waals surface area contributed by atoms with E-state index in [4.69, 9.17) is 18.9 Å². The van der Waals surface area contributed by atoms with Gasteiger partial charge in [-0.2, -0.15) is 13.2 Å². The summed E-state index contributed by atoms with van der Waals surface area (Å²) in [5, 5.41) is 9.61. The van der Waals surface area contributed by atoms with Gasteiger partial charge in [-0.15, -0.1) is 0 Å². The summed E-state index contributed by atoms with van der Waals surface area (Å²) in [6.07, 6.45) is -6.52. The van der Waals surface area contributed by atoms with E-state index in [2.05, 4.69) is 0 Å². The Hall–Kier alpha value is -2.93. The fraction of sp³-hybridized carbons (Fsp3) is 0.848. The Kier molecular flexibility index (Phi) is 8.95. The lowest BCUT2D eigenvalue weighted by Crippen LogP contribution is -2.52. The van der Waals surface area contributed by atoms with E-state index in [1.54, 1.807) is 6.92 Å². The van der Waals surface area contributed by atoms with Crippen LogP contribution in [-0.4, -0.2) is 64.3 Å². The molecule has 1 N–H and O–H groups in total. The van der Waals surface area contributed by atoms with E-state index in [1.165, 1.54) is 27.7 Å². The lowest BCUT2D eigenvalue weighted by molar-refractivity contribution is -0.265. The summed E-state index contributed by atoms with van der Waals surface area (Å²) in [6.45, 7) is 8.46. The number of carboxylic acid groups (broad SMARTS) is 1. The average molecular weight is 677 g/mol. The normalized spacial score (nSPS) is 38.9. The molecule has 4 aliphatic carbocycles. The number of aliphatic carboxylic acids is 1. The zero-order valence-electron chi connectivity index (χ0n) is 27.4. The van der Waals surface area contributed by atoms with Crippen molar-refractivity contribution in [2.24, 2.45) is 59.2 Å². The van der Waals surface area contributed by atoms with Crippen molar-refractivity contribution in [2.45, 2.75) is 116 Å². The Labute approximate surface area is 270 Å². The lowest BCUT2D eigenvalue weighted by Gasteiger charge is -2.39. The molecule has 13 atom stereocenters. The van der Waals surface area contributed by atoms with Crippen molar-refractivity contribution in [1.29, 1.82) is 0 Å². The van der Waals surface area contributed by atoms with Gasteiger partial charge < -0.3 is 24.1 Å². The van der Waals surface area contributed by atoms with Crippen molar-refractivity contribution in [3.8, 4) is 0 Å². The number of rotatable bonds is 9. The molecule has 0 spiro atoms. The van der Waals surface area contributed by atoms with Gasteiger partial charge in [0.05, 0.1) is 11.8 Å². The van der Waals surface area contributed by atoms with Crippen LogP contribution in [0.5, 0.6) is 0 Å². The number of hydrogen-bond acceptors (Lipinski definition) is 9. The monoisotopic (exact) mass is 676 g/mol. The van der Waals surface area contributed by atoms with Crippen LogP contribution in [0.2, 0.25) is 0 Å². The summed E-state index contributed by atoms with van der Waals surface area (Å²) in [6, 6.07) is 0. The molecule has 5 rings (SSSR count). The smallest absolute Gasteiger partial charge is 0.481 e. The molecule has 1 saturated heterocycles. The Balaban J connectivity index is 1.26. The number of ether oxygens (including phenoxy) is 4. The largest absolute Gasteiger partial charge is 0.509 e. The number of esters is 3. The molecule has 10 nitrogen and oxygen atoms in total. The SMILES string of the molecule is CCC(F)(C(=O)OC1CC2CC1CC2CC(C)(OC(=O)OC(C)(C)C)C(F)(F)F)C1C(=O)OC(=O)C1C1C2CC(C(=O)O)C(C2)C1C. The van der Waals surface area contributed by atoms with Gasteiger partial charge in [-0.1, -0.05) is 13.8 Å². The van der Waals surface area contributed by atoms with Crippen LogP contribution in [0.1, 0.15) is 86.5 Å². The van der Waals surface area contributed by atoms with Gasteiger partial charge in [-0.25, -0.2) is 14.0 Å². The van der Waals surface area contributed by atoms with Gasteiger partial charge in [0.2, 0.25) is 11.3 Å². The van der Waals surface area contributed by atoms with Gasteiger partial charge >= 0.3 is 36.2 Å². The summed E-state index contributed by atoms with van der Waals surface area (Å²) < 4.78 is 79.7. The minimum absolute atomic E-state index is 0.165. The van der Waals surface area contributed by atoms with Gasteiger partial charge in [0.25, 0.3) is 0 Å². The fourth-order valence-corrected chi connectivity index (χ4v) is 9.62. The predicted octanol–water partition coefficient (Wildman–Crippen LogP) is 6.03. The van der Waals surface area contributed by atoms with Crippen molar-refractivity contribution in [2.75, 3.05) is 0 Å². The summed E-state index contributed by atoms with van der Waals surface area (Å²) >= 11 is 0. The Morgan fingerprint density at radius 1 is 0.894 bits per heavy atom. The van der Waals surface area contributed by atoms with Gasteiger partial charge in [-0.3, -0.25) is 14.4 Å².